The molecule has 0 amide bonds. The average molecular weight is 246 g/mol. The van der Waals surface area contributed by atoms with Gasteiger partial charge in [0.25, 0.3) is 0 Å². The van der Waals surface area contributed by atoms with E-state index < -0.39 is 6.10 Å². The predicted octanol–water partition coefficient (Wildman–Crippen LogP) is 1.34. The SMILES string of the molecule is Cc1nc(NC[C@H](C)O)ncc1Br. The van der Waals surface area contributed by atoms with E-state index >= 15 is 0 Å². The van der Waals surface area contributed by atoms with E-state index in [9.17, 15) is 0 Å². The molecule has 0 spiro atoms. The Balaban J connectivity index is 2.63. The van der Waals surface area contributed by atoms with Crippen molar-refractivity contribution in [1.29, 1.82) is 0 Å². The molecular formula is C8H12BrN3O. The van der Waals surface area contributed by atoms with Crippen LogP contribution in [0.25, 0.3) is 0 Å². The summed E-state index contributed by atoms with van der Waals surface area (Å²) in [5, 5.41) is 11.9. The molecule has 13 heavy (non-hydrogen) atoms. The van der Waals surface area contributed by atoms with Crippen LogP contribution in [0.4, 0.5) is 5.95 Å². The van der Waals surface area contributed by atoms with Crippen LogP contribution in [0.3, 0.4) is 0 Å². The van der Waals surface area contributed by atoms with Crippen molar-refractivity contribution in [3.8, 4) is 0 Å². The van der Waals surface area contributed by atoms with Crippen molar-refractivity contribution in [2.24, 2.45) is 0 Å². The number of aromatic nitrogens is 2. The van der Waals surface area contributed by atoms with E-state index in [4.69, 9.17) is 5.11 Å². The van der Waals surface area contributed by atoms with Crippen molar-refractivity contribution in [3.05, 3.63) is 16.4 Å². The van der Waals surface area contributed by atoms with Gasteiger partial charge in [-0.25, -0.2) is 9.97 Å². The number of hydrogen-bond acceptors (Lipinski definition) is 4. The number of nitrogens with one attached hydrogen (secondary N) is 1. The van der Waals surface area contributed by atoms with Crippen LogP contribution in [-0.2, 0) is 0 Å². The highest BCUT2D eigenvalue weighted by molar-refractivity contribution is 9.10. The summed E-state index contributed by atoms with van der Waals surface area (Å²) in [6.45, 7) is 4.05. The first-order chi connectivity index (χ1) is 6.09. The summed E-state index contributed by atoms with van der Waals surface area (Å²) in [5.41, 5.74) is 0.878. The first-order valence-electron chi connectivity index (χ1n) is 4.00. The van der Waals surface area contributed by atoms with Gasteiger partial charge in [-0.15, -0.1) is 0 Å². The molecule has 72 valence electrons. The highest BCUT2D eigenvalue weighted by Crippen LogP contribution is 2.13. The number of aliphatic hydroxyl groups excluding tert-OH is 1. The number of halogens is 1. The summed E-state index contributed by atoms with van der Waals surface area (Å²) >= 11 is 3.31. The van der Waals surface area contributed by atoms with E-state index in [1.165, 1.54) is 0 Å². The summed E-state index contributed by atoms with van der Waals surface area (Å²) in [5.74, 6) is 0.543. The lowest BCUT2D eigenvalue weighted by molar-refractivity contribution is 0.208. The van der Waals surface area contributed by atoms with Gasteiger partial charge in [-0.2, -0.15) is 0 Å². The number of rotatable bonds is 3. The third-order valence-corrected chi connectivity index (χ3v) is 2.25. The Morgan fingerprint density at radius 2 is 2.38 bits per heavy atom. The molecule has 0 fully saturated rings. The van der Waals surface area contributed by atoms with Crippen LogP contribution in [0.2, 0.25) is 0 Å². The molecule has 0 bridgehead atoms. The first-order valence-corrected chi connectivity index (χ1v) is 4.80. The number of hydrogen-bond donors (Lipinski definition) is 2. The second kappa shape index (κ2) is 4.53. The zero-order valence-corrected chi connectivity index (χ0v) is 9.17. The Kier molecular flexibility index (Phi) is 3.62. The summed E-state index contributed by atoms with van der Waals surface area (Å²) in [4.78, 5) is 8.20. The maximum atomic E-state index is 9.01. The molecular weight excluding hydrogens is 234 g/mol. The van der Waals surface area contributed by atoms with Crippen molar-refractivity contribution in [3.63, 3.8) is 0 Å². The Bertz CT molecular complexity index is 291. The molecule has 0 aliphatic heterocycles. The third kappa shape index (κ3) is 3.28. The number of anilines is 1. The molecule has 1 aromatic heterocycles. The van der Waals surface area contributed by atoms with Crippen molar-refractivity contribution in [2.45, 2.75) is 20.0 Å². The molecule has 0 aliphatic rings. The zero-order chi connectivity index (χ0) is 9.84. The normalized spacial score (nSPS) is 12.6. The van der Waals surface area contributed by atoms with Gasteiger partial charge >= 0.3 is 0 Å². The van der Waals surface area contributed by atoms with Crippen molar-refractivity contribution in [2.75, 3.05) is 11.9 Å². The van der Waals surface area contributed by atoms with E-state index in [1.54, 1.807) is 13.1 Å². The molecule has 1 heterocycles. The Hall–Kier alpha value is -0.680. The third-order valence-electron chi connectivity index (χ3n) is 1.48. The summed E-state index contributed by atoms with van der Waals surface area (Å²) in [6.07, 6.45) is 1.29. The van der Waals surface area contributed by atoms with Gasteiger partial charge in [-0.3, -0.25) is 0 Å². The van der Waals surface area contributed by atoms with Gasteiger partial charge in [0.05, 0.1) is 16.3 Å². The highest BCUT2D eigenvalue weighted by atomic mass is 79.9. The summed E-state index contributed by atoms with van der Waals surface area (Å²) in [7, 11) is 0. The largest absolute Gasteiger partial charge is 0.392 e. The van der Waals surface area contributed by atoms with E-state index in [1.807, 2.05) is 6.92 Å². The molecule has 0 radical (unpaired) electrons. The van der Waals surface area contributed by atoms with Crippen molar-refractivity contribution < 1.29 is 5.11 Å². The standard InChI is InChI=1S/C8H12BrN3O/c1-5(13)3-10-8-11-4-7(9)6(2)12-8/h4-5,13H,3H2,1-2H3,(H,10,11,12)/t5-/m0/s1. The molecule has 0 aliphatic carbocycles. The van der Waals surface area contributed by atoms with Gasteiger partial charge in [-0.1, -0.05) is 0 Å². The Morgan fingerprint density at radius 1 is 1.69 bits per heavy atom. The second-order valence-electron chi connectivity index (χ2n) is 2.86. The molecule has 0 unspecified atom stereocenters. The number of aryl methyl sites for hydroxylation is 1. The van der Waals surface area contributed by atoms with Gasteiger partial charge in [-0.05, 0) is 29.8 Å². The van der Waals surface area contributed by atoms with Gasteiger partial charge in [0.2, 0.25) is 5.95 Å². The lowest BCUT2D eigenvalue weighted by atomic mass is 10.4. The van der Waals surface area contributed by atoms with Crippen LogP contribution in [0.5, 0.6) is 0 Å². The van der Waals surface area contributed by atoms with E-state index in [0.29, 0.717) is 12.5 Å². The molecule has 1 atom stereocenters. The monoisotopic (exact) mass is 245 g/mol. The molecule has 0 saturated heterocycles. The van der Waals surface area contributed by atoms with E-state index in [2.05, 4.69) is 31.2 Å². The minimum absolute atomic E-state index is 0.396. The van der Waals surface area contributed by atoms with Crippen molar-refractivity contribution in [1.82, 2.24) is 9.97 Å². The van der Waals surface area contributed by atoms with Gasteiger partial charge < -0.3 is 10.4 Å². The molecule has 0 saturated carbocycles. The topological polar surface area (TPSA) is 58.0 Å². The molecule has 0 aromatic carbocycles. The second-order valence-corrected chi connectivity index (χ2v) is 3.71. The van der Waals surface area contributed by atoms with E-state index in [0.717, 1.165) is 10.2 Å². The fourth-order valence-electron chi connectivity index (χ4n) is 0.777. The first kappa shape index (κ1) is 10.4. The average Bonchev–Trinajstić information content (AvgIpc) is 2.07. The maximum Gasteiger partial charge on any atom is 0.223 e. The summed E-state index contributed by atoms with van der Waals surface area (Å²) < 4.78 is 0.884. The molecule has 2 N–H and O–H groups in total. The summed E-state index contributed by atoms with van der Waals surface area (Å²) in [6, 6.07) is 0. The lowest BCUT2D eigenvalue weighted by Gasteiger charge is -2.07. The fraction of sp³-hybridized carbons (Fsp3) is 0.500. The van der Waals surface area contributed by atoms with E-state index in [-0.39, 0.29) is 0 Å². The Labute approximate surface area is 85.5 Å². The number of aliphatic hydroxyl groups is 1. The smallest absolute Gasteiger partial charge is 0.223 e. The number of nitrogens with zero attached hydrogens (tertiary/aromatic N) is 2. The predicted molar refractivity (Wildman–Crippen MR) is 54.6 cm³/mol. The minimum atomic E-state index is -0.396. The quantitative estimate of drug-likeness (QED) is 0.844. The van der Waals surface area contributed by atoms with Gasteiger partial charge in [0.15, 0.2) is 0 Å². The van der Waals surface area contributed by atoms with Crippen molar-refractivity contribution >= 4 is 21.9 Å². The van der Waals surface area contributed by atoms with Gasteiger partial charge in [0, 0.05) is 12.7 Å². The van der Waals surface area contributed by atoms with Crippen LogP contribution in [0.1, 0.15) is 12.6 Å². The molecule has 5 heteroatoms. The lowest BCUT2D eigenvalue weighted by Crippen LogP contribution is -2.17. The van der Waals surface area contributed by atoms with Crippen LogP contribution in [-0.4, -0.2) is 27.7 Å². The van der Waals surface area contributed by atoms with Crippen LogP contribution < -0.4 is 5.32 Å². The molecule has 4 nitrogen and oxygen atoms in total. The molecule has 1 aromatic rings. The maximum absolute atomic E-state index is 9.01. The minimum Gasteiger partial charge on any atom is -0.392 e. The zero-order valence-electron chi connectivity index (χ0n) is 7.58. The fourth-order valence-corrected chi connectivity index (χ4v) is 0.968. The highest BCUT2D eigenvalue weighted by Gasteiger charge is 2.01. The Morgan fingerprint density at radius 3 is 2.92 bits per heavy atom. The van der Waals surface area contributed by atoms with Gasteiger partial charge in [0.1, 0.15) is 0 Å². The van der Waals surface area contributed by atoms with Crippen LogP contribution >= 0.6 is 15.9 Å². The van der Waals surface area contributed by atoms with Crippen LogP contribution in [0.15, 0.2) is 10.7 Å². The van der Waals surface area contributed by atoms with Crippen LogP contribution in [0, 0.1) is 6.92 Å². The molecule has 1 rings (SSSR count).